The van der Waals surface area contributed by atoms with Crippen molar-refractivity contribution in [2.45, 2.75) is 12.8 Å². The van der Waals surface area contributed by atoms with Crippen LogP contribution in [0, 0.1) is 0 Å². The van der Waals surface area contributed by atoms with Crippen molar-refractivity contribution in [2.24, 2.45) is 0 Å². The number of hydrogen-bond acceptors (Lipinski definition) is 5. The maximum Gasteiger partial charge on any atom is 0.198 e. The quantitative estimate of drug-likeness (QED) is 0.675. The second-order valence-electron chi connectivity index (χ2n) is 5.91. The van der Waals surface area contributed by atoms with Gasteiger partial charge in [-0.2, -0.15) is 0 Å². The summed E-state index contributed by atoms with van der Waals surface area (Å²) in [5.41, 5.74) is 0.746. The van der Waals surface area contributed by atoms with Gasteiger partial charge in [0.1, 0.15) is 5.75 Å². The van der Waals surface area contributed by atoms with Crippen LogP contribution in [0.25, 0.3) is 0 Å². The summed E-state index contributed by atoms with van der Waals surface area (Å²) in [5.74, 6) is -1.33. The van der Waals surface area contributed by atoms with E-state index in [-0.39, 0.29) is 33.8 Å². The number of phenols is 2. The molecule has 0 bridgehead atoms. The zero-order chi connectivity index (χ0) is 16.1. The number of aromatic hydroxyl groups is 2. The van der Waals surface area contributed by atoms with Crippen LogP contribution in [0.2, 0.25) is 0 Å². The molecule has 1 heterocycles. The Morgan fingerprint density at radius 2 is 1.43 bits per heavy atom. The van der Waals surface area contributed by atoms with E-state index in [1.807, 2.05) is 4.90 Å². The molecule has 2 aromatic carbocycles. The Balaban J connectivity index is 1.97. The first kappa shape index (κ1) is 13.8. The van der Waals surface area contributed by atoms with Crippen molar-refractivity contribution < 1.29 is 19.8 Å². The highest BCUT2D eigenvalue weighted by Gasteiger charge is 2.36. The van der Waals surface area contributed by atoms with Crippen LogP contribution in [0.5, 0.6) is 11.5 Å². The van der Waals surface area contributed by atoms with Crippen molar-refractivity contribution in [3.8, 4) is 11.5 Å². The fraction of sp³-hybridized carbons (Fsp3) is 0.222. The van der Waals surface area contributed by atoms with Gasteiger partial charge in [-0.1, -0.05) is 24.3 Å². The number of carbonyl (C=O) groups is 2. The second-order valence-corrected chi connectivity index (χ2v) is 5.91. The highest BCUT2D eigenvalue weighted by molar-refractivity contribution is 6.30. The van der Waals surface area contributed by atoms with Crippen LogP contribution >= 0.6 is 0 Å². The molecule has 23 heavy (non-hydrogen) atoms. The molecule has 116 valence electrons. The number of benzene rings is 2. The van der Waals surface area contributed by atoms with Crippen molar-refractivity contribution in [2.75, 3.05) is 18.0 Å². The van der Waals surface area contributed by atoms with Crippen LogP contribution in [-0.2, 0) is 0 Å². The van der Waals surface area contributed by atoms with Crippen molar-refractivity contribution in [3.63, 3.8) is 0 Å². The van der Waals surface area contributed by atoms with Crippen molar-refractivity contribution in [3.05, 3.63) is 52.6 Å². The summed E-state index contributed by atoms with van der Waals surface area (Å²) >= 11 is 0. The van der Waals surface area contributed by atoms with Gasteiger partial charge in [0, 0.05) is 30.3 Å². The second kappa shape index (κ2) is 4.84. The summed E-state index contributed by atoms with van der Waals surface area (Å²) in [4.78, 5) is 27.3. The average molecular weight is 309 g/mol. The number of rotatable bonds is 1. The fourth-order valence-electron chi connectivity index (χ4n) is 3.44. The van der Waals surface area contributed by atoms with E-state index in [9.17, 15) is 19.8 Å². The summed E-state index contributed by atoms with van der Waals surface area (Å²) < 4.78 is 0. The van der Waals surface area contributed by atoms with Gasteiger partial charge in [-0.05, 0) is 12.8 Å². The molecule has 1 fully saturated rings. The van der Waals surface area contributed by atoms with E-state index >= 15 is 0 Å². The normalized spacial score (nSPS) is 16.4. The predicted octanol–water partition coefficient (Wildman–Crippen LogP) is 2.47. The Hall–Kier alpha value is -2.82. The Kier molecular flexibility index (Phi) is 2.91. The van der Waals surface area contributed by atoms with Crippen LogP contribution in [0.15, 0.2) is 30.3 Å². The first-order chi connectivity index (χ1) is 11.1. The number of nitrogens with zero attached hydrogens (tertiary/aromatic N) is 1. The summed E-state index contributed by atoms with van der Waals surface area (Å²) in [6.07, 6.45) is 1.99. The van der Waals surface area contributed by atoms with E-state index in [0.29, 0.717) is 5.69 Å². The molecule has 1 aliphatic heterocycles. The summed E-state index contributed by atoms with van der Waals surface area (Å²) in [7, 11) is 0. The van der Waals surface area contributed by atoms with Gasteiger partial charge in [-0.3, -0.25) is 9.59 Å². The molecule has 0 unspecified atom stereocenters. The van der Waals surface area contributed by atoms with Gasteiger partial charge in [0.05, 0.1) is 16.8 Å². The summed E-state index contributed by atoms with van der Waals surface area (Å²) in [6, 6.07) is 7.86. The average Bonchev–Trinajstić information content (AvgIpc) is 3.08. The number of ketones is 2. The molecule has 5 nitrogen and oxygen atoms in total. The molecule has 0 atom stereocenters. The SMILES string of the molecule is O=C1c2ccccc2C(=O)c2c(O)c(N3CCCC3)cc(O)c21. The number of phenolic OH excluding ortho intramolecular Hbond substituents is 2. The number of carbonyl (C=O) groups excluding carboxylic acids is 2. The van der Waals surface area contributed by atoms with Gasteiger partial charge in [0.15, 0.2) is 17.3 Å². The molecule has 4 rings (SSSR count). The molecule has 0 amide bonds. The molecule has 0 aromatic heterocycles. The first-order valence-corrected chi connectivity index (χ1v) is 7.62. The maximum atomic E-state index is 12.8. The summed E-state index contributed by atoms with van der Waals surface area (Å²) in [5, 5.41) is 20.9. The largest absolute Gasteiger partial charge is 0.507 e. The van der Waals surface area contributed by atoms with E-state index in [1.165, 1.54) is 6.07 Å². The molecule has 0 radical (unpaired) electrons. The summed E-state index contributed by atoms with van der Waals surface area (Å²) in [6.45, 7) is 1.51. The van der Waals surface area contributed by atoms with E-state index < -0.39 is 11.6 Å². The zero-order valence-corrected chi connectivity index (χ0v) is 12.4. The van der Waals surface area contributed by atoms with E-state index in [2.05, 4.69) is 0 Å². The molecule has 5 heteroatoms. The molecule has 0 spiro atoms. The van der Waals surface area contributed by atoms with Gasteiger partial charge < -0.3 is 15.1 Å². The van der Waals surface area contributed by atoms with Crippen LogP contribution in [-0.4, -0.2) is 34.9 Å². The zero-order valence-electron chi connectivity index (χ0n) is 12.4. The van der Waals surface area contributed by atoms with Gasteiger partial charge in [-0.15, -0.1) is 0 Å². The van der Waals surface area contributed by atoms with Gasteiger partial charge in [0.25, 0.3) is 0 Å². The van der Waals surface area contributed by atoms with Crippen molar-refractivity contribution in [1.82, 2.24) is 0 Å². The van der Waals surface area contributed by atoms with Crippen molar-refractivity contribution >= 4 is 17.3 Å². The number of anilines is 1. The Morgan fingerprint density at radius 1 is 0.870 bits per heavy atom. The number of hydrogen-bond donors (Lipinski definition) is 2. The molecule has 1 aliphatic carbocycles. The minimum atomic E-state index is -0.434. The van der Waals surface area contributed by atoms with Gasteiger partial charge in [-0.25, -0.2) is 0 Å². The Bertz CT molecular complexity index is 850. The minimum Gasteiger partial charge on any atom is -0.507 e. The lowest BCUT2D eigenvalue weighted by molar-refractivity contribution is 0.0974. The monoisotopic (exact) mass is 309 g/mol. The third kappa shape index (κ3) is 1.86. The molecule has 2 aliphatic rings. The smallest absolute Gasteiger partial charge is 0.198 e. The fourth-order valence-corrected chi connectivity index (χ4v) is 3.44. The lowest BCUT2D eigenvalue weighted by atomic mass is 9.82. The predicted molar refractivity (Wildman–Crippen MR) is 84.5 cm³/mol. The maximum absolute atomic E-state index is 12.8. The van der Waals surface area contributed by atoms with E-state index in [0.717, 1.165) is 25.9 Å². The van der Waals surface area contributed by atoms with Crippen molar-refractivity contribution in [1.29, 1.82) is 0 Å². The van der Waals surface area contributed by atoms with Crippen LogP contribution < -0.4 is 4.90 Å². The first-order valence-electron chi connectivity index (χ1n) is 7.62. The molecular weight excluding hydrogens is 294 g/mol. The lowest BCUT2D eigenvalue weighted by Gasteiger charge is -2.25. The third-order valence-electron chi connectivity index (χ3n) is 4.58. The highest BCUT2D eigenvalue weighted by atomic mass is 16.3. The minimum absolute atomic E-state index is 0.0874. The van der Waals surface area contributed by atoms with Crippen LogP contribution in [0.3, 0.4) is 0 Å². The molecule has 2 N–H and O–H groups in total. The van der Waals surface area contributed by atoms with Crippen LogP contribution in [0.4, 0.5) is 5.69 Å². The van der Waals surface area contributed by atoms with Crippen LogP contribution in [0.1, 0.15) is 44.7 Å². The Labute approximate surface area is 132 Å². The van der Waals surface area contributed by atoms with E-state index in [4.69, 9.17) is 0 Å². The molecule has 2 aromatic rings. The molecule has 1 saturated heterocycles. The topological polar surface area (TPSA) is 77.8 Å². The molecule has 0 saturated carbocycles. The van der Waals surface area contributed by atoms with Gasteiger partial charge in [0.2, 0.25) is 0 Å². The standard InChI is InChI=1S/C18H15NO4/c20-13-9-12(19-7-3-4-8-19)18(23)15-14(13)16(21)10-5-1-2-6-11(10)17(15)22/h1-2,5-6,9,20,23H,3-4,7-8H2. The van der Waals surface area contributed by atoms with E-state index in [1.54, 1.807) is 24.3 Å². The van der Waals surface area contributed by atoms with Gasteiger partial charge >= 0.3 is 0 Å². The third-order valence-corrected chi connectivity index (χ3v) is 4.58. The highest BCUT2D eigenvalue weighted by Crippen LogP contribution is 2.44. The number of fused-ring (bicyclic) bond motifs is 2. The molecular formula is C18H15NO4. The Morgan fingerprint density at radius 3 is 2.04 bits per heavy atom. The lowest BCUT2D eigenvalue weighted by Crippen LogP contribution is -2.24.